The van der Waals surface area contributed by atoms with E-state index in [1.807, 2.05) is 0 Å². The minimum absolute atomic E-state index is 0.532. The van der Waals surface area contributed by atoms with Crippen molar-refractivity contribution in [3.05, 3.63) is 0 Å². The third-order valence-electron chi connectivity index (χ3n) is 2.07. The predicted octanol–water partition coefficient (Wildman–Crippen LogP) is 1.14. The number of hydrogen-bond acceptors (Lipinski definition) is 2. The van der Waals surface area contributed by atoms with Crippen LogP contribution in [0.25, 0.3) is 0 Å². The Morgan fingerprint density at radius 3 is 2.83 bits per heavy atom. The quantitative estimate of drug-likeness (QED) is 0.718. The lowest BCUT2D eigenvalue weighted by Crippen LogP contribution is -2.29. The van der Waals surface area contributed by atoms with Crippen LogP contribution in [0, 0.1) is 5.92 Å². The van der Waals surface area contributed by atoms with Gasteiger partial charge in [0.15, 0.2) is 0 Å². The van der Waals surface area contributed by atoms with Crippen molar-refractivity contribution in [1.29, 1.82) is 0 Å². The first-order valence-corrected chi connectivity index (χ1v) is 6.25. The lowest BCUT2D eigenvalue weighted by molar-refractivity contribution is 0.633. The van der Waals surface area contributed by atoms with Gasteiger partial charge in [0.2, 0.25) is 0 Å². The van der Waals surface area contributed by atoms with Gasteiger partial charge in [-0.1, -0.05) is 13.8 Å². The summed E-state index contributed by atoms with van der Waals surface area (Å²) in [6.07, 6.45) is 2.47. The van der Waals surface area contributed by atoms with E-state index in [0.717, 1.165) is 18.1 Å². The summed E-state index contributed by atoms with van der Waals surface area (Å²) in [6.45, 7) is 5.36. The van der Waals surface area contributed by atoms with Crippen molar-refractivity contribution in [2.24, 2.45) is 5.92 Å². The largest absolute Gasteiger partial charge is 0.313 e. The van der Waals surface area contributed by atoms with Crippen molar-refractivity contribution >= 4 is 10.8 Å². The van der Waals surface area contributed by atoms with Crippen LogP contribution in [0.2, 0.25) is 0 Å². The molecule has 0 saturated carbocycles. The monoisotopic (exact) mass is 189 g/mol. The summed E-state index contributed by atoms with van der Waals surface area (Å²) in [6, 6.07) is 0.532. The van der Waals surface area contributed by atoms with Crippen molar-refractivity contribution in [2.75, 3.05) is 18.1 Å². The van der Waals surface area contributed by atoms with Crippen molar-refractivity contribution in [1.82, 2.24) is 5.32 Å². The Kier molecular flexibility index (Phi) is 4.22. The Balaban J connectivity index is 2.16. The Morgan fingerprint density at radius 1 is 1.58 bits per heavy atom. The van der Waals surface area contributed by atoms with E-state index in [2.05, 4.69) is 19.2 Å². The van der Waals surface area contributed by atoms with Gasteiger partial charge in [0.05, 0.1) is 0 Å². The van der Waals surface area contributed by atoms with E-state index in [1.165, 1.54) is 12.8 Å². The number of hydrogen-bond donors (Lipinski definition) is 1. The fourth-order valence-electron chi connectivity index (χ4n) is 1.56. The molecule has 0 spiro atoms. The molecule has 3 heteroatoms. The fraction of sp³-hybridized carbons (Fsp3) is 1.00. The summed E-state index contributed by atoms with van der Waals surface area (Å²) in [5.41, 5.74) is 0. The van der Waals surface area contributed by atoms with Gasteiger partial charge in [0, 0.05) is 28.3 Å². The maximum Gasteiger partial charge on any atom is 0.0388 e. The highest BCUT2D eigenvalue weighted by Crippen LogP contribution is 2.07. The molecule has 0 aromatic carbocycles. The second-order valence-corrected chi connectivity index (χ2v) is 5.51. The molecule has 1 aliphatic rings. The summed E-state index contributed by atoms with van der Waals surface area (Å²) in [5.74, 6) is 2.28. The molecule has 2 atom stereocenters. The minimum Gasteiger partial charge on any atom is -0.313 e. The molecule has 0 amide bonds. The van der Waals surface area contributed by atoms with E-state index in [9.17, 15) is 4.21 Å². The van der Waals surface area contributed by atoms with Gasteiger partial charge in [-0.15, -0.1) is 0 Å². The normalized spacial score (nSPS) is 26.4. The molecule has 2 nitrogen and oxygen atoms in total. The molecule has 1 saturated heterocycles. The maximum atomic E-state index is 11.5. The standard InChI is InChI=1S/C9H19NOS/c1-8(2)6-12(11)7-9-4-3-5-10-9/h8-10H,3-7H2,1-2H3. The van der Waals surface area contributed by atoms with E-state index in [-0.39, 0.29) is 0 Å². The average molecular weight is 189 g/mol. The van der Waals surface area contributed by atoms with Crippen molar-refractivity contribution < 1.29 is 4.21 Å². The topological polar surface area (TPSA) is 29.1 Å². The molecule has 0 aliphatic carbocycles. The zero-order valence-corrected chi connectivity index (χ0v) is 8.82. The third-order valence-corrected chi connectivity index (χ3v) is 3.88. The smallest absolute Gasteiger partial charge is 0.0388 e. The van der Waals surface area contributed by atoms with Crippen LogP contribution in [0.15, 0.2) is 0 Å². The summed E-state index contributed by atoms with van der Waals surface area (Å²) in [5, 5.41) is 3.37. The molecular formula is C9H19NOS. The second-order valence-electron chi connectivity index (χ2n) is 3.96. The highest BCUT2D eigenvalue weighted by molar-refractivity contribution is 7.85. The highest BCUT2D eigenvalue weighted by atomic mass is 32.2. The molecule has 0 aromatic heterocycles. The van der Waals surface area contributed by atoms with Gasteiger partial charge in [-0.05, 0) is 25.3 Å². The first-order chi connectivity index (χ1) is 5.68. The first-order valence-electron chi connectivity index (χ1n) is 4.77. The molecule has 2 unspecified atom stereocenters. The van der Waals surface area contributed by atoms with Crippen LogP contribution in [-0.4, -0.2) is 28.3 Å². The molecule has 1 heterocycles. The Labute approximate surface area is 77.6 Å². The SMILES string of the molecule is CC(C)CS(=O)CC1CCCN1. The lowest BCUT2D eigenvalue weighted by atomic mass is 10.3. The lowest BCUT2D eigenvalue weighted by Gasteiger charge is -2.10. The molecule has 0 aromatic rings. The van der Waals surface area contributed by atoms with Gasteiger partial charge in [-0.2, -0.15) is 0 Å². The van der Waals surface area contributed by atoms with Gasteiger partial charge in [0.1, 0.15) is 0 Å². The molecule has 1 rings (SSSR count). The third kappa shape index (κ3) is 3.68. The second kappa shape index (κ2) is 4.97. The van der Waals surface area contributed by atoms with Crippen molar-refractivity contribution in [3.63, 3.8) is 0 Å². The van der Waals surface area contributed by atoms with Crippen LogP contribution in [-0.2, 0) is 10.8 Å². The van der Waals surface area contributed by atoms with Crippen LogP contribution in [0.3, 0.4) is 0 Å². The van der Waals surface area contributed by atoms with E-state index in [4.69, 9.17) is 0 Å². The summed E-state index contributed by atoms with van der Waals surface area (Å²) in [4.78, 5) is 0. The number of rotatable bonds is 4. The molecule has 1 N–H and O–H groups in total. The summed E-state index contributed by atoms with van der Waals surface area (Å²) in [7, 11) is -0.602. The van der Waals surface area contributed by atoms with E-state index < -0.39 is 10.8 Å². The molecule has 72 valence electrons. The summed E-state index contributed by atoms with van der Waals surface area (Å²) < 4.78 is 11.5. The Hall–Kier alpha value is 0.110. The Bertz CT molecular complexity index is 153. The molecule has 12 heavy (non-hydrogen) atoms. The van der Waals surface area contributed by atoms with Gasteiger partial charge in [-0.25, -0.2) is 0 Å². The van der Waals surface area contributed by atoms with Gasteiger partial charge >= 0.3 is 0 Å². The summed E-state index contributed by atoms with van der Waals surface area (Å²) >= 11 is 0. The molecule has 1 fully saturated rings. The Morgan fingerprint density at radius 2 is 2.33 bits per heavy atom. The van der Waals surface area contributed by atoms with Crippen LogP contribution in [0.1, 0.15) is 26.7 Å². The van der Waals surface area contributed by atoms with Crippen LogP contribution in [0.5, 0.6) is 0 Å². The molecule has 1 aliphatic heterocycles. The van der Waals surface area contributed by atoms with Gasteiger partial charge < -0.3 is 5.32 Å². The average Bonchev–Trinajstić information content (AvgIpc) is 2.37. The van der Waals surface area contributed by atoms with E-state index in [0.29, 0.717) is 12.0 Å². The van der Waals surface area contributed by atoms with Crippen LogP contribution >= 0.6 is 0 Å². The van der Waals surface area contributed by atoms with Crippen LogP contribution in [0.4, 0.5) is 0 Å². The van der Waals surface area contributed by atoms with Crippen molar-refractivity contribution in [2.45, 2.75) is 32.7 Å². The predicted molar refractivity (Wildman–Crippen MR) is 53.7 cm³/mol. The zero-order valence-electron chi connectivity index (χ0n) is 8.01. The molecule has 0 bridgehead atoms. The van der Waals surface area contributed by atoms with Gasteiger partial charge in [0.25, 0.3) is 0 Å². The fourth-order valence-corrected chi connectivity index (χ4v) is 3.18. The van der Waals surface area contributed by atoms with E-state index >= 15 is 0 Å². The maximum absolute atomic E-state index is 11.5. The first kappa shape index (κ1) is 10.2. The van der Waals surface area contributed by atoms with Gasteiger partial charge in [-0.3, -0.25) is 4.21 Å². The molecular weight excluding hydrogens is 170 g/mol. The van der Waals surface area contributed by atoms with Crippen molar-refractivity contribution in [3.8, 4) is 0 Å². The van der Waals surface area contributed by atoms with E-state index in [1.54, 1.807) is 0 Å². The zero-order chi connectivity index (χ0) is 8.97. The minimum atomic E-state index is -0.602. The number of nitrogens with one attached hydrogen (secondary N) is 1. The van der Waals surface area contributed by atoms with Crippen LogP contribution < -0.4 is 5.32 Å². The highest BCUT2D eigenvalue weighted by Gasteiger charge is 2.16. The molecule has 0 radical (unpaired) electrons.